The van der Waals surface area contributed by atoms with Crippen molar-refractivity contribution in [2.75, 3.05) is 11.5 Å². The zero-order valence-corrected chi connectivity index (χ0v) is 6.31. The molecule has 0 saturated carbocycles. The molecule has 1 rings (SSSR count). The maximum atomic E-state index is 10.4. The van der Waals surface area contributed by atoms with Crippen LogP contribution < -0.4 is 11.5 Å². The van der Waals surface area contributed by atoms with Gasteiger partial charge in [0.2, 0.25) is 11.8 Å². The Morgan fingerprint density at radius 3 is 2.42 bits per heavy atom. The first-order valence-electron chi connectivity index (χ1n) is 3.06. The minimum Gasteiger partial charge on any atom is -0.378 e. The highest BCUT2D eigenvalue weighted by atomic mass is 16.6. The monoisotopic (exact) mass is 169 g/mol. The van der Waals surface area contributed by atoms with E-state index in [9.17, 15) is 10.1 Å². The van der Waals surface area contributed by atoms with Crippen LogP contribution in [0.1, 0.15) is 5.69 Å². The lowest BCUT2D eigenvalue weighted by molar-refractivity contribution is -0.385. The molecule has 0 amide bonds. The number of aryl methyl sites for hydroxylation is 1. The Morgan fingerprint density at radius 1 is 1.42 bits per heavy atom. The van der Waals surface area contributed by atoms with E-state index in [0.29, 0.717) is 0 Å². The molecule has 1 heterocycles. The molecule has 0 unspecified atom stereocenters. The molecule has 7 nitrogen and oxygen atoms in total. The molecular weight excluding hydrogens is 162 g/mol. The first-order chi connectivity index (χ1) is 5.52. The first kappa shape index (κ1) is 8.18. The van der Waals surface area contributed by atoms with E-state index in [4.69, 9.17) is 11.5 Å². The van der Waals surface area contributed by atoms with Gasteiger partial charge in [0.1, 0.15) is 5.69 Å². The fraction of sp³-hybridized carbons (Fsp3) is 0.200. The van der Waals surface area contributed by atoms with Gasteiger partial charge < -0.3 is 11.5 Å². The second-order valence-electron chi connectivity index (χ2n) is 2.16. The maximum absolute atomic E-state index is 10.4. The van der Waals surface area contributed by atoms with E-state index in [1.165, 1.54) is 6.92 Å². The van der Waals surface area contributed by atoms with Crippen LogP contribution in [0.25, 0.3) is 0 Å². The van der Waals surface area contributed by atoms with E-state index >= 15 is 0 Å². The number of aromatic nitrogens is 2. The topological polar surface area (TPSA) is 121 Å². The molecule has 12 heavy (non-hydrogen) atoms. The van der Waals surface area contributed by atoms with E-state index in [-0.39, 0.29) is 23.1 Å². The summed E-state index contributed by atoms with van der Waals surface area (Å²) in [6.07, 6.45) is 0. The van der Waals surface area contributed by atoms with Gasteiger partial charge in [0, 0.05) is 0 Å². The van der Waals surface area contributed by atoms with Gasteiger partial charge in [-0.05, 0) is 6.92 Å². The lowest BCUT2D eigenvalue weighted by Crippen LogP contribution is -2.06. The van der Waals surface area contributed by atoms with Gasteiger partial charge in [-0.2, -0.15) is 4.98 Å². The van der Waals surface area contributed by atoms with Crippen LogP contribution >= 0.6 is 0 Å². The molecule has 0 radical (unpaired) electrons. The average molecular weight is 169 g/mol. The van der Waals surface area contributed by atoms with Gasteiger partial charge >= 0.3 is 5.69 Å². The predicted octanol–water partition coefficient (Wildman–Crippen LogP) is -0.142. The number of hydrogen-bond donors (Lipinski definition) is 2. The van der Waals surface area contributed by atoms with Crippen LogP contribution in [-0.2, 0) is 0 Å². The fourth-order valence-corrected chi connectivity index (χ4v) is 0.837. The standard InChI is InChI=1S/C5H7N5O2/c1-2-3(10(11)12)4(6)9-5(7)8-2/h1H3,(H4,6,7,8,9). The first-order valence-corrected chi connectivity index (χ1v) is 3.06. The summed E-state index contributed by atoms with van der Waals surface area (Å²) < 4.78 is 0. The van der Waals surface area contributed by atoms with Gasteiger partial charge in [-0.3, -0.25) is 10.1 Å². The zero-order valence-electron chi connectivity index (χ0n) is 6.31. The van der Waals surface area contributed by atoms with Gasteiger partial charge in [-0.1, -0.05) is 0 Å². The van der Waals surface area contributed by atoms with Crippen LogP contribution in [0.4, 0.5) is 17.5 Å². The van der Waals surface area contributed by atoms with Gasteiger partial charge in [0.05, 0.1) is 4.92 Å². The van der Waals surface area contributed by atoms with E-state index < -0.39 is 4.92 Å². The van der Waals surface area contributed by atoms with Gasteiger partial charge in [-0.15, -0.1) is 0 Å². The molecular formula is C5H7N5O2. The lowest BCUT2D eigenvalue weighted by atomic mass is 10.3. The highest BCUT2D eigenvalue weighted by Gasteiger charge is 2.18. The zero-order chi connectivity index (χ0) is 9.30. The number of nitrogens with two attached hydrogens (primary N) is 2. The Labute approximate surface area is 67.6 Å². The number of nitrogen functional groups attached to an aromatic ring is 2. The molecule has 0 aromatic carbocycles. The number of nitro groups is 1. The normalized spacial score (nSPS) is 9.75. The summed E-state index contributed by atoms with van der Waals surface area (Å²) >= 11 is 0. The van der Waals surface area contributed by atoms with Crippen LogP contribution in [0, 0.1) is 17.0 Å². The Hall–Kier alpha value is -1.92. The van der Waals surface area contributed by atoms with Crippen molar-refractivity contribution in [1.29, 1.82) is 0 Å². The Kier molecular flexibility index (Phi) is 1.78. The molecule has 4 N–H and O–H groups in total. The number of anilines is 2. The van der Waals surface area contributed by atoms with E-state index in [0.717, 1.165) is 0 Å². The second-order valence-corrected chi connectivity index (χ2v) is 2.16. The summed E-state index contributed by atoms with van der Waals surface area (Å²) in [4.78, 5) is 16.8. The summed E-state index contributed by atoms with van der Waals surface area (Å²) in [5.74, 6) is -0.263. The molecule has 0 aliphatic rings. The summed E-state index contributed by atoms with van der Waals surface area (Å²) in [5, 5.41) is 10.4. The fourth-order valence-electron chi connectivity index (χ4n) is 0.837. The van der Waals surface area contributed by atoms with Gasteiger partial charge in [0.25, 0.3) is 0 Å². The van der Waals surface area contributed by atoms with Crippen molar-refractivity contribution in [2.45, 2.75) is 6.92 Å². The number of nitrogens with zero attached hydrogens (tertiary/aromatic N) is 3. The smallest absolute Gasteiger partial charge is 0.332 e. The number of hydrogen-bond acceptors (Lipinski definition) is 6. The van der Waals surface area contributed by atoms with Crippen molar-refractivity contribution in [3.8, 4) is 0 Å². The van der Waals surface area contributed by atoms with Crippen LogP contribution in [0.5, 0.6) is 0 Å². The van der Waals surface area contributed by atoms with Crippen molar-refractivity contribution in [3.63, 3.8) is 0 Å². The molecule has 0 fully saturated rings. The summed E-state index contributed by atoms with van der Waals surface area (Å²) in [6.45, 7) is 1.45. The van der Waals surface area contributed by atoms with Crippen molar-refractivity contribution in [3.05, 3.63) is 15.8 Å². The van der Waals surface area contributed by atoms with Crippen LogP contribution in [0.2, 0.25) is 0 Å². The minimum absolute atomic E-state index is 0.0596. The molecule has 0 spiro atoms. The molecule has 1 aromatic heterocycles. The lowest BCUT2D eigenvalue weighted by Gasteiger charge is -1.99. The SMILES string of the molecule is Cc1nc(N)nc(N)c1[N+](=O)[O-]. The Morgan fingerprint density at radius 2 is 2.00 bits per heavy atom. The summed E-state index contributed by atoms with van der Waals surface area (Å²) in [7, 11) is 0. The average Bonchev–Trinajstić information content (AvgIpc) is 1.82. The second kappa shape index (κ2) is 2.61. The largest absolute Gasteiger partial charge is 0.378 e. The molecule has 64 valence electrons. The van der Waals surface area contributed by atoms with Crippen molar-refractivity contribution in [2.24, 2.45) is 0 Å². The van der Waals surface area contributed by atoms with Gasteiger partial charge in [-0.25, -0.2) is 4.98 Å². The quantitative estimate of drug-likeness (QED) is 0.445. The third kappa shape index (κ3) is 1.24. The van der Waals surface area contributed by atoms with E-state index in [1.807, 2.05) is 0 Å². The Balaban J connectivity index is 3.38. The van der Waals surface area contributed by atoms with E-state index in [1.54, 1.807) is 0 Å². The summed E-state index contributed by atoms with van der Waals surface area (Å²) in [5.41, 5.74) is 10.3. The summed E-state index contributed by atoms with van der Waals surface area (Å²) in [6, 6.07) is 0. The predicted molar refractivity (Wildman–Crippen MR) is 42.2 cm³/mol. The highest BCUT2D eigenvalue weighted by Crippen LogP contribution is 2.22. The molecule has 0 aliphatic heterocycles. The van der Waals surface area contributed by atoms with Crippen molar-refractivity contribution in [1.82, 2.24) is 9.97 Å². The maximum Gasteiger partial charge on any atom is 0.332 e. The van der Waals surface area contributed by atoms with Crippen LogP contribution in [-0.4, -0.2) is 14.9 Å². The number of rotatable bonds is 1. The van der Waals surface area contributed by atoms with Crippen LogP contribution in [0.15, 0.2) is 0 Å². The van der Waals surface area contributed by atoms with Crippen molar-refractivity contribution < 1.29 is 4.92 Å². The molecule has 1 aromatic rings. The third-order valence-corrected chi connectivity index (χ3v) is 1.29. The van der Waals surface area contributed by atoms with Crippen molar-refractivity contribution >= 4 is 17.5 Å². The third-order valence-electron chi connectivity index (χ3n) is 1.29. The Bertz CT molecular complexity index is 314. The van der Waals surface area contributed by atoms with Gasteiger partial charge in [0.15, 0.2) is 0 Å². The molecule has 0 atom stereocenters. The molecule has 7 heteroatoms. The van der Waals surface area contributed by atoms with Crippen LogP contribution in [0.3, 0.4) is 0 Å². The highest BCUT2D eigenvalue weighted by molar-refractivity contribution is 5.56. The minimum atomic E-state index is -0.635. The molecule has 0 saturated heterocycles. The molecule has 0 bridgehead atoms. The van der Waals surface area contributed by atoms with E-state index in [2.05, 4.69) is 9.97 Å². The molecule has 0 aliphatic carbocycles.